The van der Waals surface area contributed by atoms with Crippen LogP contribution in [0, 0.1) is 10.8 Å². The number of hydrogen-bond acceptors (Lipinski definition) is 5. The summed E-state index contributed by atoms with van der Waals surface area (Å²) in [6.45, 7) is 1.99. The number of rotatable bonds is 5. The minimum atomic E-state index is -0.477. The molecule has 0 atom stereocenters. The molecule has 0 saturated heterocycles. The standard InChI is InChI=1S/C12H16O5/c1-3-17-9(14)4-8(13)11-5-12(6-11,7-11)10(15)16-2/h3-7H2,1-2H3. The number of esters is 2. The molecule has 3 saturated carbocycles. The van der Waals surface area contributed by atoms with Gasteiger partial charge in [0.15, 0.2) is 0 Å². The minimum Gasteiger partial charge on any atom is -0.469 e. The number of ketones is 1. The van der Waals surface area contributed by atoms with E-state index in [2.05, 4.69) is 0 Å². The van der Waals surface area contributed by atoms with Gasteiger partial charge in [0.2, 0.25) is 0 Å². The van der Waals surface area contributed by atoms with Crippen LogP contribution in [0.2, 0.25) is 0 Å². The van der Waals surface area contributed by atoms with Gasteiger partial charge < -0.3 is 9.47 Å². The third-order valence-corrected chi connectivity index (χ3v) is 3.85. The van der Waals surface area contributed by atoms with Crippen molar-refractivity contribution in [3.05, 3.63) is 0 Å². The molecule has 0 aromatic rings. The summed E-state index contributed by atoms with van der Waals surface area (Å²) in [5.74, 6) is -0.806. The second-order valence-corrected chi connectivity index (χ2v) is 4.99. The van der Waals surface area contributed by atoms with Crippen molar-refractivity contribution in [1.29, 1.82) is 0 Å². The Morgan fingerprint density at radius 1 is 1.12 bits per heavy atom. The monoisotopic (exact) mass is 240 g/mol. The fourth-order valence-corrected chi connectivity index (χ4v) is 3.05. The molecule has 3 aliphatic carbocycles. The molecule has 0 heterocycles. The maximum Gasteiger partial charge on any atom is 0.313 e. The summed E-state index contributed by atoms with van der Waals surface area (Å²) in [7, 11) is 1.36. The van der Waals surface area contributed by atoms with E-state index in [-0.39, 0.29) is 24.8 Å². The quantitative estimate of drug-likeness (QED) is 0.526. The van der Waals surface area contributed by atoms with Crippen molar-refractivity contribution in [2.75, 3.05) is 13.7 Å². The van der Waals surface area contributed by atoms with Gasteiger partial charge in [0.25, 0.3) is 0 Å². The number of Topliss-reactive ketones (excluding diaryl/α,β-unsaturated/α-hetero) is 1. The van der Waals surface area contributed by atoms with Gasteiger partial charge in [-0.25, -0.2) is 0 Å². The van der Waals surface area contributed by atoms with Crippen LogP contribution in [0.3, 0.4) is 0 Å². The van der Waals surface area contributed by atoms with E-state index in [0.717, 1.165) is 0 Å². The van der Waals surface area contributed by atoms with Crippen LogP contribution in [0.1, 0.15) is 32.6 Å². The van der Waals surface area contributed by atoms with E-state index in [4.69, 9.17) is 9.47 Å². The molecule has 0 aromatic carbocycles. The fraction of sp³-hybridized carbons (Fsp3) is 0.750. The molecular formula is C12H16O5. The Hall–Kier alpha value is -1.39. The Morgan fingerprint density at radius 3 is 2.18 bits per heavy atom. The van der Waals surface area contributed by atoms with Crippen LogP contribution in [0.15, 0.2) is 0 Å². The highest BCUT2D eigenvalue weighted by Gasteiger charge is 2.75. The van der Waals surface area contributed by atoms with Crippen molar-refractivity contribution in [2.45, 2.75) is 32.6 Å². The SMILES string of the molecule is CCOC(=O)CC(=O)C12CC(C(=O)OC)(C1)C2. The van der Waals surface area contributed by atoms with E-state index in [0.29, 0.717) is 19.3 Å². The van der Waals surface area contributed by atoms with Gasteiger partial charge in [0.1, 0.15) is 12.2 Å². The zero-order chi connectivity index (χ0) is 12.7. The second-order valence-electron chi connectivity index (χ2n) is 4.99. The van der Waals surface area contributed by atoms with Crippen LogP contribution in [0.25, 0.3) is 0 Å². The molecule has 0 unspecified atom stereocenters. The number of methoxy groups -OCH3 is 1. The van der Waals surface area contributed by atoms with Crippen LogP contribution < -0.4 is 0 Å². The third-order valence-electron chi connectivity index (χ3n) is 3.85. The summed E-state index contributed by atoms with van der Waals surface area (Å²) in [6.07, 6.45) is 1.42. The van der Waals surface area contributed by atoms with Crippen LogP contribution in [-0.4, -0.2) is 31.4 Å². The molecule has 2 bridgehead atoms. The summed E-state index contributed by atoms with van der Waals surface area (Å²) in [6, 6.07) is 0. The number of carbonyl (C=O) groups excluding carboxylic acids is 3. The first-order valence-corrected chi connectivity index (χ1v) is 5.75. The Balaban J connectivity index is 1.86. The molecule has 5 heteroatoms. The van der Waals surface area contributed by atoms with Gasteiger partial charge in [-0.3, -0.25) is 14.4 Å². The zero-order valence-corrected chi connectivity index (χ0v) is 10.1. The summed E-state index contributed by atoms with van der Waals surface area (Å²) in [5.41, 5.74) is -0.875. The summed E-state index contributed by atoms with van der Waals surface area (Å²) in [5, 5.41) is 0. The van der Waals surface area contributed by atoms with E-state index in [1.165, 1.54) is 7.11 Å². The van der Waals surface area contributed by atoms with Crippen molar-refractivity contribution in [1.82, 2.24) is 0 Å². The van der Waals surface area contributed by atoms with E-state index < -0.39 is 16.8 Å². The maximum atomic E-state index is 11.9. The first kappa shape index (κ1) is 12.1. The van der Waals surface area contributed by atoms with E-state index in [9.17, 15) is 14.4 Å². The molecule has 5 nitrogen and oxygen atoms in total. The Kier molecular flexibility index (Phi) is 2.72. The van der Waals surface area contributed by atoms with Gasteiger partial charge in [-0.05, 0) is 26.2 Å². The first-order chi connectivity index (χ1) is 7.98. The molecule has 0 spiro atoms. The average Bonchev–Trinajstić information content (AvgIpc) is 2.13. The van der Waals surface area contributed by atoms with Crippen molar-refractivity contribution >= 4 is 17.7 Å². The van der Waals surface area contributed by atoms with Crippen molar-refractivity contribution < 1.29 is 23.9 Å². The van der Waals surface area contributed by atoms with Crippen LogP contribution in [-0.2, 0) is 23.9 Å². The summed E-state index contributed by atoms with van der Waals surface area (Å²) in [4.78, 5) is 34.5. The molecule has 3 rings (SSSR count). The molecular weight excluding hydrogens is 224 g/mol. The second kappa shape index (κ2) is 3.82. The van der Waals surface area contributed by atoms with Crippen molar-refractivity contribution in [3.63, 3.8) is 0 Å². The average molecular weight is 240 g/mol. The molecule has 3 fully saturated rings. The lowest BCUT2D eigenvalue weighted by Gasteiger charge is -2.67. The highest BCUT2D eigenvalue weighted by Crippen LogP contribution is 2.74. The Labute approximate surface area is 99.5 Å². The molecule has 0 amide bonds. The molecule has 0 aromatic heterocycles. The molecule has 94 valence electrons. The van der Waals surface area contributed by atoms with Crippen LogP contribution >= 0.6 is 0 Å². The number of hydrogen-bond donors (Lipinski definition) is 0. The van der Waals surface area contributed by atoms with Gasteiger partial charge in [0.05, 0.1) is 19.1 Å². The topological polar surface area (TPSA) is 69.7 Å². The van der Waals surface area contributed by atoms with Crippen molar-refractivity contribution in [3.8, 4) is 0 Å². The predicted octanol–water partition coefficient (Wildman–Crippen LogP) is 0.852. The zero-order valence-electron chi connectivity index (χ0n) is 10.1. The molecule has 17 heavy (non-hydrogen) atoms. The first-order valence-electron chi connectivity index (χ1n) is 5.75. The smallest absolute Gasteiger partial charge is 0.313 e. The normalized spacial score (nSPS) is 33.1. The fourth-order valence-electron chi connectivity index (χ4n) is 3.05. The van der Waals surface area contributed by atoms with E-state index >= 15 is 0 Å². The molecule has 0 N–H and O–H groups in total. The lowest BCUT2D eigenvalue weighted by Crippen LogP contribution is -2.68. The van der Waals surface area contributed by atoms with E-state index in [1.807, 2.05) is 0 Å². The Bertz CT molecular complexity index is 365. The van der Waals surface area contributed by atoms with Crippen LogP contribution in [0.5, 0.6) is 0 Å². The lowest BCUT2D eigenvalue weighted by molar-refractivity contribution is -0.221. The molecule has 0 aliphatic heterocycles. The maximum absolute atomic E-state index is 11.9. The van der Waals surface area contributed by atoms with Gasteiger partial charge in [-0.2, -0.15) is 0 Å². The Morgan fingerprint density at radius 2 is 1.71 bits per heavy atom. The van der Waals surface area contributed by atoms with Gasteiger partial charge in [-0.15, -0.1) is 0 Å². The number of ether oxygens (including phenoxy) is 2. The molecule has 0 radical (unpaired) electrons. The largest absolute Gasteiger partial charge is 0.469 e. The minimum absolute atomic E-state index is 0.0956. The summed E-state index contributed by atoms with van der Waals surface area (Å²) < 4.78 is 9.43. The van der Waals surface area contributed by atoms with Gasteiger partial charge in [-0.1, -0.05) is 0 Å². The number of carbonyl (C=O) groups is 3. The highest BCUT2D eigenvalue weighted by molar-refractivity contribution is 6.03. The van der Waals surface area contributed by atoms with Gasteiger partial charge >= 0.3 is 11.9 Å². The summed E-state index contributed by atoms with van der Waals surface area (Å²) >= 11 is 0. The van der Waals surface area contributed by atoms with Crippen molar-refractivity contribution in [2.24, 2.45) is 10.8 Å². The molecule has 3 aliphatic rings. The predicted molar refractivity (Wildman–Crippen MR) is 57.0 cm³/mol. The third kappa shape index (κ3) is 1.64. The van der Waals surface area contributed by atoms with E-state index in [1.54, 1.807) is 6.92 Å². The lowest BCUT2D eigenvalue weighted by atomic mass is 9.34. The highest BCUT2D eigenvalue weighted by atomic mass is 16.5. The van der Waals surface area contributed by atoms with Gasteiger partial charge in [0, 0.05) is 5.41 Å². The van der Waals surface area contributed by atoms with Crippen LogP contribution in [0.4, 0.5) is 0 Å².